The first kappa shape index (κ1) is 19.1. The predicted molar refractivity (Wildman–Crippen MR) is 100 cm³/mol. The topological polar surface area (TPSA) is 66.4 Å². The summed E-state index contributed by atoms with van der Waals surface area (Å²) in [5, 5.41) is 6.74. The van der Waals surface area contributed by atoms with E-state index in [0.717, 1.165) is 17.7 Å². The fourth-order valence-corrected chi connectivity index (χ4v) is 2.39. The Morgan fingerprint density at radius 3 is 2.50 bits per heavy atom. The van der Waals surface area contributed by atoms with E-state index in [0.29, 0.717) is 5.69 Å². The van der Waals surface area contributed by atoms with E-state index >= 15 is 0 Å². The molecule has 0 radical (unpaired) electrons. The molecule has 0 unspecified atom stereocenters. The molecule has 1 aromatic heterocycles. The van der Waals surface area contributed by atoms with E-state index in [9.17, 15) is 18.0 Å². The van der Waals surface area contributed by atoms with Crippen molar-refractivity contribution < 1.29 is 18.0 Å². The van der Waals surface area contributed by atoms with Crippen molar-refractivity contribution in [2.45, 2.75) is 6.18 Å². The summed E-state index contributed by atoms with van der Waals surface area (Å²) in [5.41, 5.74) is 3.20. The average molecular weight is 384 g/mol. The molecule has 5 nitrogen and oxygen atoms in total. The first-order chi connectivity index (χ1) is 13.4. The number of nitrogens with one attached hydrogen (secondary N) is 2. The lowest BCUT2D eigenvalue weighted by atomic mass is 10.1. The van der Waals surface area contributed by atoms with Crippen LogP contribution < -0.4 is 10.7 Å². The van der Waals surface area contributed by atoms with E-state index in [2.05, 4.69) is 20.8 Å². The molecule has 0 atom stereocenters. The number of halogens is 3. The quantitative estimate of drug-likeness (QED) is 0.499. The van der Waals surface area contributed by atoms with Crippen molar-refractivity contribution in [3.05, 3.63) is 89.7 Å². The number of pyridine rings is 1. The first-order valence-corrected chi connectivity index (χ1v) is 8.20. The van der Waals surface area contributed by atoms with Gasteiger partial charge in [0.1, 0.15) is 0 Å². The molecule has 1 heterocycles. The lowest BCUT2D eigenvalue weighted by Crippen LogP contribution is -2.19. The highest BCUT2D eigenvalue weighted by atomic mass is 19.4. The van der Waals surface area contributed by atoms with Gasteiger partial charge in [0.15, 0.2) is 0 Å². The number of anilines is 2. The molecule has 0 aliphatic carbocycles. The average Bonchev–Trinajstić information content (AvgIpc) is 2.69. The SMILES string of the molecule is O=C(N/N=C/c1ccncc1)c1ccccc1Nc1cccc(C(F)(F)F)c1. The van der Waals surface area contributed by atoms with Crippen molar-refractivity contribution in [3.63, 3.8) is 0 Å². The fourth-order valence-electron chi connectivity index (χ4n) is 2.39. The first-order valence-electron chi connectivity index (χ1n) is 8.20. The van der Waals surface area contributed by atoms with E-state index in [4.69, 9.17) is 0 Å². The number of hydrogen-bond acceptors (Lipinski definition) is 4. The number of carbonyl (C=O) groups is 1. The summed E-state index contributed by atoms with van der Waals surface area (Å²) >= 11 is 0. The van der Waals surface area contributed by atoms with Gasteiger partial charge in [0.25, 0.3) is 5.91 Å². The van der Waals surface area contributed by atoms with Crippen LogP contribution in [0.2, 0.25) is 0 Å². The van der Waals surface area contributed by atoms with Gasteiger partial charge < -0.3 is 5.32 Å². The number of para-hydroxylation sites is 1. The van der Waals surface area contributed by atoms with Crippen LogP contribution in [0.4, 0.5) is 24.5 Å². The molecule has 1 amide bonds. The largest absolute Gasteiger partial charge is 0.416 e. The molecule has 3 aromatic rings. The number of aromatic nitrogens is 1. The lowest BCUT2D eigenvalue weighted by molar-refractivity contribution is -0.137. The molecule has 2 N–H and O–H groups in total. The number of nitrogens with zero attached hydrogens (tertiary/aromatic N) is 2. The summed E-state index contributed by atoms with van der Waals surface area (Å²) in [5.74, 6) is -0.500. The van der Waals surface area contributed by atoms with Gasteiger partial charge in [-0.1, -0.05) is 18.2 Å². The van der Waals surface area contributed by atoms with Crippen LogP contribution >= 0.6 is 0 Å². The summed E-state index contributed by atoms with van der Waals surface area (Å²) in [6.07, 6.45) is 0.202. The second-order valence-electron chi connectivity index (χ2n) is 5.73. The smallest absolute Gasteiger partial charge is 0.355 e. The van der Waals surface area contributed by atoms with Crippen LogP contribution in [-0.2, 0) is 6.18 Å². The molecule has 0 aliphatic heterocycles. The number of alkyl halides is 3. The third kappa shape index (κ3) is 4.94. The van der Waals surface area contributed by atoms with Crippen LogP contribution in [0, 0.1) is 0 Å². The standard InChI is InChI=1S/C20H15F3N4O/c21-20(22,23)15-4-3-5-16(12-15)26-18-7-2-1-6-17(18)19(28)27-25-13-14-8-10-24-11-9-14/h1-13,26H,(H,27,28)/b25-13+. The number of carbonyl (C=O) groups excluding carboxylic acids is 1. The Morgan fingerprint density at radius 1 is 1.00 bits per heavy atom. The molecule has 0 fully saturated rings. The number of hydrogen-bond donors (Lipinski definition) is 2. The highest BCUT2D eigenvalue weighted by Crippen LogP contribution is 2.31. The van der Waals surface area contributed by atoms with Gasteiger partial charge in [0.05, 0.1) is 23.0 Å². The molecular formula is C20H15F3N4O. The molecule has 28 heavy (non-hydrogen) atoms. The van der Waals surface area contributed by atoms with Crippen molar-refractivity contribution in [2.75, 3.05) is 5.32 Å². The van der Waals surface area contributed by atoms with Gasteiger partial charge in [-0.3, -0.25) is 9.78 Å². The Kier molecular flexibility index (Phi) is 5.69. The van der Waals surface area contributed by atoms with Crippen molar-refractivity contribution >= 4 is 23.5 Å². The van der Waals surface area contributed by atoms with E-state index in [1.54, 1.807) is 48.8 Å². The summed E-state index contributed by atoms with van der Waals surface area (Å²) < 4.78 is 38.6. The van der Waals surface area contributed by atoms with Gasteiger partial charge in [-0.15, -0.1) is 0 Å². The second-order valence-corrected chi connectivity index (χ2v) is 5.73. The van der Waals surface area contributed by atoms with Gasteiger partial charge in [-0.2, -0.15) is 18.3 Å². The van der Waals surface area contributed by atoms with Crippen LogP contribution in [0.25, 0.3) is 0 Å². The van der Waals surface area contributed by atoms with Gasteiger partial charge in [-0.05, 0) is 48.0 Å². The molecule has 0 aliphatic rings. The molecule has 0 spiro atoms. The van der Waals surface area contributed by atoms with Gasteiger partial charge in [-0.25, -0.2) is 5.43 Å². The lowest BCUT2D eigenvalue weighted by Gasteiger charge is -2.13. The van der Waals surface area contributed by atoms with Crippen LogP contribution in [-0.4, -0.2) is 17.1 Å². The Morgan fingerprint density at radius 2 is 1.75 bits per heavy atom. The van der Waals surface area contributed by atoms with Gasteiger partial charge >= 0.3 is 6.18 Å². The monoisotopic (exact) mass is 384 g/mol. The van der Waals surface area contributed by atoms with Crippen LogP contribution in [0.1, 0.15) is 21.5 Å². The van der Waals surface area contributed by atoms with E-state index < -0.39 is 17.6 Å². The zero-order chi connectivity index (χ0) is 20.0. The molecule has 2 aromatic carbocycles. The van der Waals surface area contributed by atoms with Crippen molar-refractivity contribution in [3.8, 4) is 0 Å². The minimum Gasteiger partial charge on any atom is -0.355 e. The molecule has 0 saturated heterocycles. The molecule has 0 bridgehead atoms. The molecule has 0 saturated carbocycles. The Balaban J connectivity index is 1.76. The zero-order valence-electron chi connectivity index (χ0n) is 14.4. The number of amides is 1. The van der Waals surface area contributed by atoms with E-state index in [1.807, 2.05) is 0 Å². The van der Waals surface area contributed by atoms with Crippen molar-refractivity contribution in [1.82, 2.24) is 10.4 Å². The highest BCUT2D eigenvalue weighted by Gasteiger charge is 2.30. The van der Waals surface area contributed by atoms with Gasteiger partial charge in [0, 0.05) is 18.1 Å². The van der Waals surface area contributed by atoms with Crippen LogP contribution in [0.15, 0.2) is 78.2 Å². The molecule has 142 valence electrons. The molecule has 8 heteroatoms. The molecule has 3 rings (SSSR count). The zero-order valence-corrected chi connectivity index (χ0v) is 14.4. The fraction of sp³-hybridized carbons (Fsp3) is 0.0500. The number of benzene rings is 2. The van der Waals surface area contributed by atoms with Crippen molar-refractivity contribution in [1.29, 1.82) is 0 Å². The number of rotatable bonds is 5. The van der Waals surface area contributed by atoms with E-state index in [1.165, 1.54) is 18.3 Å². The summed E-state index contributed by atoms with van der Waals surface area (Å²) in [7, 11) is 0. The maximum atomic E-state index is 12.9. The third-order valence-electron chi connectivity index (χ3n) is 3.73. The maximum Gasteiger partial charge on any atom is 0.416 e. The molecular weight excluding hydrogens is 369 g/mol. The summed E-state index contributed by atoms with van der Waals surface area (Å²) in [6.45, 7) is 0. The third-order valence-corrected chi connectivity index (χ3v) is 3.73. The Labute approximate surface area is 158 Å². The van der Waals surface area contributed by atoms with Crippen molar-refractivity contribution in [2.24, 2.45) is 5.10 Å². The Bertz CT molecular complexity index is 988. The highest BCUT2D eigenvalue weighted by molar-refractivity contribution is 6.00. The second kappa shape index (κ2) is 8.34. The normalized spacial score (nSPS) is 11.4. The van der Waals surface area contributed by atoms with Crippen LogP contribution in [0.3, 0.4) is 0 Å². The maximum absolute atomic E-state index is 12.9. The predicted octanol–water partition coefficient (Wildman–Crippen LogP) is 4.61. The minimum absolute atomic E-state index is 0.218. The summed E-state index contributed by atoms with van der Waals surface area (Å²) in [6, 6.07) is 14.7. The van der Waals surface area contributed by atoms with Crippen LogP contribution in [0.5, 0.6) is 0 Å². The minimum atomic E-state index is -4.45. The van der Waals surface area contributed by atoms with E-state index in [-0.39, 0.29) is 11.3 Å². The number of hydrazone groups is 1. The summed E-state index contributed by atoms with van der Waals surface area (Å²) in [4.78, 5) is 16.3. The van der Waals surface area contributed by atoms with Gasteiger partial charge in [0.2, 0.25) is 0 Å². The Hall–Kier alpha value is -3.68.